The van der Waals surface area contributed by atoms with E-state index in [2.05, 4.69) is 15.5 Å². The summed E-state index contributed by atoms with van der Waals surface area (Å²) in [5, 5.41) is 15.7. The van der Waals surface area contributed by atoms with E-state index in [9.17, 15) is 0 Å². The number of nitrogen functional groups attached to an aromatic ring is 1. The van der Waals surface area contributed by atoms with Gasteiger partial charge in [0.2, 0.25) is 5.89 Å². The number of rotatable bonds is 4. The van der Waals surface area contributed by atoms with Crippen LogP contribution in [0, 0.1) is 18.3 Å². The van der Waals surface area contributed by atoms with Crippen molar-refractivity contribution in [2.45, 2.75) is 13.3 Å². The van der Waals surface area contributed by atoms with Crippen LogP contribution in [0.5, 0.6) is 0 Å². The number of anilines is 2. The summed E-state index contributed by atoms with van der Waals surface area (Å²) in [7, 11) is 0. The number of nitrogens with zero attached hydrogens (tertiary/aromatic N) is 3. The zero-order chi connectivity index (χ0) is 13.0. The van der Waals surface area contributed by atoms with E-state index in [0.717, 1.165) is 5.69 Å². The molecular formula is C12H13N5O. The van der Waals surface area contributed by atoms with Crippen molar-refractivity contribution in [3.05, 3.63) is 35.5 Å². The molecule has 0 saturated heterocycles. The van der Waals surface area contributed by atoms with Gasteiger partial charge in [-0.15, -0.1) is 0 Å². The lowest BCUT2D eigenvalue weighted by molar-refractivity contribution is 0.377. The van der Waals surface area contributed by atoms with Crippen molar-refractivity contribution in [1.29, 1.82) is 5.26 Å². The maximum atomic E-state index is 8.86. The van der Waals surface area contributed by atoms with Gasteiger partial charge in [-0.3, -0.25) is 0 Å². The Balaban J connectivity index is 1.93. The van der Waals surface area contributed by atoms with Crippen LogP contribution in [-0.2, 0) is 6.42 Å². The van der Waals surface area contributed by atoms with Gasteiger partial charge < -0.3 is 15.6 Å². The summed E-state index contributed by atoms with van der Waals surface area (Å²) in [6, 6.07) is 7.29. The Morgan fingerprint density at radius 3 is 3.00 bits per heavy atom. The van der Waals surface area contributed by atoms with Gasteiger partial charge in [-0.25, -0.2) is 0 Å². The first-order valence-electron chi connectivity index (χ1n) is 5.51. The first-order valence-corrected chi connectivity index (χ1v) is 5.51. The zero-order valence-electron chi connectivity index (χ0n) is 9.97. The van der Waals surface area contributed by atoms with E-state index in [0.29, 0.717) is 35.9 Å². The molecule has 2 rings (SSSR count). The monoisotopic (exact) mass is 243 g/mol. The van der Waals surface area contributed by atoms with E-state index < -0.39 is 0 Å². The van der Waals surface area contributed by atoms with Gasteiger partial charge in [-0.05, 0) is 25.1 Å². The second-order valence-corrected chi connectivity index (χ2v) is 3.83. The van der Waals surface area contributed by atoms with E-state index >= 15 is 0 Å². The van der Waals surface area contributed by atoms with Crippen molar-refractivity contribution < 1.29 is 4.52 Å². The van der Waals surface area contributed by atoms with Gasteiger partial charge in [0.25, 0.3) is 0 Å². The molecule has 1 aromatic heterocycles. The predicted octanol–water partition coefficient (Wildman–Crippen LogP) is 1.49. The molecule has 0 atom stereocenters. The third-order valence-corrected chi connectivity index (χ3v) is 2.41. The van der Waals surface area contributed by atoms with Crippen LogP contribution in [-0.4, -0.2) is 16.7 Å². The van der Waals surface area contributed by atoms with E-state index in [4.69, 9.17) is 15.5 Å². The molecule has 0 spiro atoms. The van der Waals surface area contributed by atoms with Crippen LogP contribution in [0.3, 0.4) is 0 Å². The first-order chi connectivity index (χ1) is 8.69. The summed E-state index contributed by atoms with van der Waals surface area (Å²) in [4.78, 5) is 4.10. The molecule has 18 heavy (non-hydrogen) atoms. The van der Waals surface area contributed by atoms with Crippen LogP contribution >= 0.6 is 0 Å². The highest BCUT2D eigenvalue weighted by atomic mass is 16.5. The summed E-state index contributed by atoms with van der Waals surface area (Å²) < 4.78 is 4.99. The second kappa shape index (κ2) is 5.19. The molecule has 3 N–H and O–H groups in total. The fourth-order valence-electron chi connectivity index (χ4n) is 1.52. The van der Waals surface area contributed by atoms with Gasteiger partial charge in [0, 0.05) is 24.3 Å². The maximum Gasteiger partial charge on any atom is 0.228 e. The maximum absolute atomic E-state index is 8.86. The Morgan fingerprint density at radius 2 is 2.33 bits per heavy atom. The van der Waals surface area contributed by atoms with Gasteiger partial charge in [0.15, 0.2) is 5.82 Å². The molecule has 0 radical (unpaired) electrons. The lowest BCUT2D eigenvalue weighted by Crippen LogP contribution is -2.05. The minimum Gasteiger partial charge on any atom is -0.398 e. The topological polar surface area (TPSA) is 101 Å². The normalized spacial score (nSPS) is 10.0. The number of nitrogens with two attached hydrogens (primary N) is 1. The highest BCUT2D eigenvalue weighted by Crippen LogP contribution is 2.16. The average molecular weight is 243 g/mol. The average Bonchev–Trinajstić information content (AvgIpc) is 2.77. The fraction of sp³-hybridized carbons (Fsp3) is 0.250. The highest BCUT2D eigenvalue weighted by Gasteiger charge is 2.03. The Kier molecular flexibility index (Phi) is 3.44. The quantitative estimate of drug-likeness (QED) is 0.789. The number of aromatic nitrogens is 2. The van der Waals surface area contributed by atoms with Gasteiger partial charge >= 0.3 is 0 Å². The molecule has 0 aliphatic heterocycles. The molecule has 92 valence electrons. The fourth-order valence-corrected chi connectivity index (χ4v) is 1.52. The number of aryl methyl sites for hydroxylation is 1. The molecule has 0 unspecified atom stereocenters. The van der Waals surface area contributed by atoms with Crippen LogP contribution in [0.1, 0.15) is 17.3 Å². The van der Waals surface area contributed by atoms with Gasteiger partial charge in [0.1, 0.15) is 6.07 Å². The summed E-state index contributed by atoms with van der Waals surface area (Å²) in [5.74, 6) is 1.22. The lowest BCUT2D eigenvalue weighted by atomic mass is 10.2. The van der Waals surface area contributed by atoms with Gasteiger partial charge in [-0.1, -0.05) is 5.16 Å². The number of benzene rings is 1. The molecular weight excluding hydrogens is 230 g/mol. The first kappa shape index (κ1) is 11.9. The van der Waals surface area contributed by atoms with Gasteiger partial charge in [-0.2, -0.15) is 10.2 Å². The van der Waals surface area contributed by atoms with Crippen molar-refractivity contribution in [2.75, 3.05) is 17.6 Å². The highest BCUT2D eigenvalue weighted by molar-refractivity contribution is 5.61. The molecule has 6 heteroatoms. The summed E-state index contributed by atoms with van der Waals surface area (Å²) in [5.41, 5.74) is 7.43. The number of nitrogens with one attached hydrogen (secondary N) is 1. The van der Waals surface area contributed by atoms with Crippen molar-refractivity contribution in [1.82, 2.24) is 10.1 Å². The Hall–Kier alpha value is -2.55. The minimum atomic E-state index is 0.466. The smallest absolute Gasteiger partial charge is 0.228 e. The van der Waals surface area contributed by atoms with Crippen LogP contribution in [0.2, 0.25) is 0 Å². The standard InChI is InChI=1S/C12H13N5O/c1-8-16-12(18-17-8)4-5-15-10-2-3-11(14)9(6-10)7-13/h2-3,6,15H,4-5,14H2,1H3. The molecule has 1 heterocycles. The second-order valence-electron chi connectivity index (χ2n) is 3.83. The molecule has 0 amide bonds. The van der Waals surface area contributed by atoms with Gasteiger partial charge in [0.05, 0.1) is 5.56 Å². The van der Waals surface area contributed by atoms with Crippen LogP contribution in [0.15, 0.2) is 22.7 Å². The number of nitriles is 1. The van der Waals surface area contributed by atoms with Crippen molar-refractivity contribution in [3.8, 4) is 6.07 Å². The largest absolute Gasteiger partial charge is 0.398 e. The van der Waals surface area contributed by atoms with E-state index in [1.165, 1.54) is 0 Å². The summed E-state index contributed by atoms with van der Waals surface area (Å²) in [6.07, 6.45) is 0.632. The van der Waals surface area contributed by atoms with Crippen LogP contribution < -0.4 is 11.1 Å². The van der Waals surface area contributed by atoms with E-state index in [-0.39, 0.29) is 0 Å². The number of hydrogen-bond acceptors (Lipinski definition) is 6. The summed E-state index contributed by atoms with van der Waals surface area (Å²) in [6.45, 7) is 2.43. The Morgan fingerprint density at radius 1 is 1.50 bits per heavy atom. The molecule has 0 aliphatic rings. The van der Waals surface area contributed by atoms with Crippen LogP contribution in [0.4, 0.5) is 11.4 Å². The summed E-state index contributed by atoms with van der Waals surface area (Å²) >= 11 is 0. The molecule has 0 aliphatic carbocycles. The van der Waals surface area contributed by atoms with E-state index in [1.807, 2.05) is 12.1 Å². The molecule has 2 aromatic rings. The van der Waals surface area contributed by atoms with Crippen molar-refractivity contribution >= 4 is 11.4 Å². The molecule has 0 saturated carbocycles. The Labute approximate surface area is 104 Å². The zero-order valence-corrected chi connectivity index (χ0v) is 9.97. The van der Waals surface area contributed by atoms with E-state index in [1.54, 1.807) is 19.1 Å². The van der Waals surface area contributed by atoms with Crippen LogP contribution in [0.25, 0.3) is 0 Å². The molecule has 0 fully saturated rings. The molecule has 0 bridgehead atoms. The SMILES string of the molecule is Cc1noc(CCNc2ccc(N)c(C#N)c2)n1. The minimum absolute atomic E-state index is 0.466. The third kappa shape index (κ3) is 2.77. The number of hydrogen-bond donors (Lipinski definition) is 2. The molecule has 6 nitrogen and oxygen atoms in total. The third-order valence-electron chi connectivity index (χ3n) is 2.41. The Bertz CT molecular complexity index is 584. The lowest BCUT2D eigenvalue weighted by Gasteiger charge is -2.06. The molecule has 1 aromatic carbocycles. The van der Waals surface area contributed by atoms with Crippen molar-refractivity contribution in [3.63, 3.8) is 0 Å². The predicted molar refractivity (Wildman–Crippen MR) is 66.8 cm³/mol. The van der Waals surface area contributed by atoms with Crippen molar-refractivity contribution in [2.24, 2.45) is 0 Å².